The second-order valence-corrected chi connectivity index (χ2v) is 14.7. The molecule has 5 rings (SSSR count). The number of carbonyl (C=O) groups excluding carboxylic acids is 2. The van der Waals surface area contributed by atoms with Gasteiger partial charge in [0.05, 0.1) is 19.3 Å². The molecule has 1 aliphatic heterocycles. The van der Waals surface area contributed by atoms with E-state index in [0.29, 0.717) is 18.4 Å². The van der Waals surface area contributed by atoms with Gasteiger partial charge in [0, 0.05) is 25.9 Å². The topological polar surface area (TPSA) is 248 Å². The van der Waals surface area contributed by atoms with Crippen LogP contribution in [-0.4, -0.2) is 118 Å². The predicted molar refractivity (Wildman–Crippen MR) is 212 cm³/mol. The molecule has 0 aromatic heterocycles. The zero-order valence-corrected chi connectivity index (χ0v) is 32.3. The van der Waals surface area contributed by atoms with Crippen molar-refractivity contribution < 1.29 is 64.0 Å². The first-order valence-corrected chi connectivity index (χ1v) is 19.1. The number of rotatable bonds is 18. The summed E-state index contributed by atoms with van der Waals surface area (Å²) in [6.45, 7) is -0.653. The van der Waals surface area contributed by atoms with E-state index in [1.165, 1.54) is 48.6 Å². The molecule has 312 valence electrons. The molecule has 0 bridgehead atoms. The lowest BCUT2D eigenvalue weighted by atomic mass is 9.70. The number of nitrogens with two attached hydrogens (primary N) is 1. The number of aliphatic carboxylic acids is 1. The van der Waals surface area contributed by atoms with Crippen molar-refractivity contribution in [3.63, 3.8) is 0 Å². The Kier molecular flexibility index (Phi) is 15.2. The minimum Gasteiger partial charge on any atom is -0.504 e. The number of benzene rings is 3. The van der Waals surface area contributed by atoms with Crippen LogP contribution in [0, 0.1) is 5.92 Å². The van der Waals surface area contributed by atoms with Crippen LogP contribution in [0.5, 0.6) is 23.0 Å². The normalized spacial score (nSPS) is 24.9. The number of aromatic hydroxyl groups is 3. The highest BCUT2D eigenvalue weighted by Gasteiger charge is 2.61. The summed E-state index contributed by atoms with van der Waals surface area (Å²) >= 11 is 0. The fourth-order valence-corrected chi connectivity index (χ4v) is 7.58. The molecule has 0 amide bonds. The van der Waals surface area contributed by atoms with Gasteiger partial charge in [0.25, 0.3) is 0 Å². The number of hydrogen-bond donors (Lipinski definition) is 8. The molecule has 0 radical (unpaired) electrons. The maximum atomic E-state index is 14.2. The third kappa shape index (κ3) is 10.9. The van der Waals surface area contributed by atoms with E-state index in [-0.39, 0.29) is 61.3 Å². The Morgan fingerprint density at radius 1 is 1.00 bits per heavy atom. The van der Waals surface area contributed by atoms with Crippen molar-refractivity contribution >= 4 is 29.7 Å². The number of hydrogen-bond acceptors (Lipinski definition) is 14. The summed E-state index contributed by atoms with van der Waals surface area (Å²) in [5, 5.41) is 65.6. The summed E-state index contributed by atoms with van der Waals surface area (Å²) < 4.78 is 24.4. The van der Waals surface area contributed by atoms with E-state index in [2.05, 4.69) is 5.32 Å². The van der Waals surface area contributed by atoms with E-state index < -0.39 is 84.6 Å². The minimum atomic E-state index is -2.14. The number of fused-ring (bicyclic) bond motifs is 1. The van der Waals surface area contributed by atoms with Gasteiger partial charge in [0.2, 0.25) is 0 Å². The summed E-state index contributed by atoms with van der Waals surface area (Å²) in [4.78, 5) is 40.4. The van der Waals surface area contributed by atoms with Gasteiger partial charge in [-0.05, 0) is 90.9 Å². The number of carbonyl (C=O) groups is 3. The van der Waals surface area contributed by atoms with Crippen LogP contribution in [0.4, 0.5) is 0 Å². The van der Waals surface area contributed by atoms with Crippen LogP contribution in [0.1, 0.15) is 47.9 Å². The SMILES string of the molecule is CNC[C@@]12C[C@](OCC(=O)/C=C/c3ccc(OCCN)c(O)c3)(C(=O)O)C[C@@H](O)[C@H]1OC[C@@H](CCc1ccccc1)C[C@@H](C(=O)/C=C/c1cc(O)c(O)cc1CO)O2. The van der Waals surface area contributed by atoms with Crippen molar-refractivity contribution in [2.75, 3.05) is 40.0 Å². The van der Waals surface area contributed by atoms with Crippen LogP contribution in [0.25, 0.3) is 12.2 Å². The Bertz CT molecular complexity index is 1950. The van der Waals surface area contributed by atoms with Crippen molar-refractivity contribution in [1.82, 2.24) is 5.32 Å². The molecular formula is C43H52N2O13. The lowest BCUT2D eigenvalue weighted by Gasteiger charge is -2.53. The molecule has 2 aliphatic rings. The van der Waals surface area contributed by atoms with Gasteiger partial charge in [-0.2, -0.15) is 0 Å². The lowest BCUT2D eigenvalue weighted by molar-refractivity contribution is -0.268. The van der Waals surface area contributed by atoms with E-state index in [1.54, 1.807) is 13.1 Å². The molecule has 1 saturated heterocycles. The van der Waals surface area contributed by atoms with Crippen molar-refractivity contribution in [2.45, 2.75) is 68.2 Å². The highest BCUT2D eigenvalue weighted by atomic mass is 16.6. The van der Waals surface area contributed by atoms with Gasteiger partial charge in [0.1, 0.15) is 31.0 Å². The van der Waals surface area contributed by atoms with Crippen LogP contribution in [0.2, 0.25) is 0 Å². The molecule has 0 unspecified atom stereocenters. The molecule has 3 aromatic carbocycles. The van der Waals surface area contributed by atoms with Crippen molar-refractivity contribution in [3.8, 4) is 23.0 Å². The van der Waals surface area contributed by atoms with Gasteiger partial charge in [-0.15, -0.1) is 0 Å². The number of ketones is 2. The quantitative estimate of drug-likeness (QED) is 0.0681. The average molecular weight is 805 g/mol. The number of carboxylic acid groups (broad SMARTS) is 1. The number of carboxylic acids is 1. The third-order valence-corrected chi connectivity index (χ3v) is 10.4. The molecule has 9 N–H and O–H groups in total. The first-order chi connectivity index (χ1) is 27.8. The maximum Gasteiger partial charge on any atom is 0.336 e. The molecule has 15 nitrogen and oxygen atoms in total. The van der Waals surface area contributed by atoms with Crippen molar-refractivity contribution in [1.29, 1.82) is 0 Å². The average Bonchev–Trinajstić information content (AvgIpc) is 3.19. The van der Waals surface area contributed by atoms with Crippen LogP contribution >= 0.6 is 0 Å². The molecule has 1 saturated carbocycles. The van der Waals surface area contributed by atoms with Crippen LogP contribution in [0.3, 0.4) is 0 Å². The van der Waals surface area contributed by atoms with Gasteiger partial charge >= 0.3 is 5.97 Å². The Morgan fingerprint density at radius 2 is 1.76 bits per heavy atom. The van der Waals surface area contributed by atoms with Crippen molar-refractivity contribution in [2.24, 2.45) is 11.7 Å². The summed E-state index contributed by atoms with van der Waals surface area (Å²) in [7, 11) is 1.61. The zero-order valence-electron chi connectivity index (χ0n) is 32.3. The predicted octanol–water partition coefficient (Wildman–Crippen LogP) is 2.87. The fraction of sp³-hybridized carbons (Fsp3) is 0.419. The largest absolute Gasteiger partial charge is 0.504 e. The molecule has 15 heteroatoms. The first kappa shape index (κ1) is 44.0. The van der Waals surface area contributed by atoms with E-state index >= 15 is 0 Å². The van der Waals surface area contributed by atoms with E-state index in [4.69, 9.17) is 24.7 Å². The zero-order chi connectivity index (χ0) is 41.9. The fourth-order valence-electron chi connectivity index (χ4n) is 7.58. The Balaban J connectivity index is 1.42. The van der Waals surface area contributed by atoms with E-state index in [0.717, 1.165) is 5.56 Å². The Labute approximate surface area is 336 Å². The molecule has 0 spiro atoms. The highest BCUT2D eigenvalue weighted by molar-refractivity contribution is 5.97. The molecule has 1 aliphatic carbocycles. The number of phenolic OH excluding ortho intramolecular Hbond substituents is 3. The number of ether oxygens (including phenoxy) is 4. The van der Waals surface area contributed by atoms with E-state index in [1.807, 2.05) is 30.3 Å². The molecule has 3 aromatic rings. The molecular weight excluding hydrogens is 752 g/mol. The number of aryl methyl sites for hydroxylation is 1. The van der Waals surface area contributed by atoms with Crippen LogP contribution in [0.15, 0.2) is 72.8 Å². The van der Waals surface area contributed by atoms with Crippen LogP contribution in [-0.2, 0) is 41.6 Å². The Hall–Kier alpha value is -5.13. The van der Waals surface area contributed by atoms with Gasteiger partial charge in [-0.3, -0.25) is 9.59 Å². The second kappa shape index (κ2) is 20.0. The number of nitrogens with one attached hydrogen (secondary N) is 1. The smallest absolute Gasteiger partial charge is 0.336 e. The third-order valence-electron chi connectivity index (χ3n) is 10.4. The second-order valence-electron chi connectivity index (χ2n) is 14.7. The summed E-state index contributed by atoms with van der Waals surface area (Å²) in [5.74, 6) is -3.60. The lowest BCUT2D eigenvalue weighted by Crippen LogP contribution is -2.69. The van der Waals surface area contributed by atoms with Crippen LogP contribution < -0.4 is 15.8 Å². The Morgan fingerprint density at radius 3 is 2.45 bits per heavy atom. The maximum absolute atomic E-state index is 14.2. The molecule has 6 atom stereocenters. The monoisotopic (exact) mass is 804 g/mol. The first-order valence-electron chi connectivity index (χ1n) is 19.1. The number of aliphatic hydroxyl groups excluding tert-OH is 2. The van der Waals surface area contributed by atoms with Crippen molar-refractivity contribution in [3.05, 3.63) is 95.1 Å². The molecule has 2 fully saturated rings. The van der Waals surface area contributed by atoms with E-state index in [9.17, 15) is 45.0 Å². The number of likely N-dealkylation sites (N-methyl/N-ethyl adjacent to an activating group) is 1. The highest BCUT2D eigenvalue weighted by Crippen LogP contribution is 2.45. The number of aliphatic hydroxyl groups is 2. The molecule has 1 heterocycles. The van der Waals surface area contributed by atoms with Gasteiger partial charge in [-0.1, -0.05) is 48.6 Å². The molecule has 58 heavy (non-hydrogen) atoms. The standard InChI is InChI=1S/C43H52N2O13/c1-45-26-43-25-42(41(53)54,57-24-32(47)12-9-28-10-14-38(36(51)17-28)55-16-15-44)21-37(52)40(43)56-23-29(8-7-27-5-3-2-4-6-27)18-39(58-43)33(48)13-11-30-19-34(49)35(50)20-31(30)22-46/h2-6,9-14,17,19-20,29,37,39-40,45-46,49-52H,7-8,15-16,18,21-26,44H2,1H3,(H,53,54)/b12-9+,13-11+/t29-,37+,39-,40+,42-,43-/m0/s1. The number of phenols is 3. The summed E-state index contributed by atoms with van der Waals surface area (Å²) in [6.07, 6.45) is 2.07. The minimum absolute atomic E-state index is 0.0713. The summed E-state index contributed by atoms with van der Waals surface area (Å²) in [6, 6.07) is 16.7. The van der Waals surface area contributed by atoms with Gasteiger partial charge in [0.15, 0.2) is 40.2 Å². The van der Waals surface area contributed by atoms with Gasteiger partial charge in [-0.25, -0.2) is 4.79 Å². The summed E-state index contributed by atoms with van der Waals surface area (Å²) in [5.41, 5.74) is 3.73. The van der Waals surface area contributed by atoms with Gasteiger partial charge < -0.3 is 60.6 Å².